The standard InChI is InChI=1S/C21H22N2O/c1-15-9-10-19(16(2)12-15)14-23(3)20(24)13-18-7-4-6-17-8-5-11-22-21(17)18/h4-12H,13-14H2,1-3H3. The number of amides is 1. The van der Waals surface area contributed by atoms with E-state index in [-0.39, 0.29) is 5.91 Å². The van der Waals surface area contributed by atoms with Crippen LogP contribution in [-0.2, 0) is 17.8 Å². The van der Waals surface area contributed by atoms with Crippen molar-refractivity contribution < 1.29 is 4.79 Å². The predicted molar refractivity (Wildman–Crippen MR) is 97.8 cm³/mol. The second kappa shape index (κ2) is 6.83. The zero-order valence-electron chi connectivity index (χ0n) is 14.4. The molecule has 0 unspecified atom stereocenters. The number of para-hydroxylation sites is 1. The van der Waals surface area contributed by atoms with Crippen LogP contribution in [0.3, 0.4) is 0 Å². The van der Waals surface area contributed by atoms with Gasteiger partial charge in [-0.2, -0.15) is 0 Å². The smallest absolute Gasteiger partial charge is 0.227 e. The highest BCUT2D eigenvalue weighted by Crippen LogP contribution is 2.18. The third kappa shape index (κ3) is 3.46. The first kappa shape index (κ1) is 16.2. The average Bonchev–Trinajstić information content (AvgIpc) is 2.57. The molecule has 24 heavy (non-hydrogen) atoms. The van der Waals surface area contributed by atoms with Crippen LogP contribution in [0.5, 0.6) is 0 Å². The van der Waals surface area contributed by atoms with E-state index < -0.39 is 0 Å². The number of carbonyl (C=O) groups excluding carboxylic acids is 1. The van der Waals surface area contributed by atoms with Gasteiger partial charge in [-0.25, -0.2) is 0 Å². The molecule has 3 heteroatoms. The molecule has 0 saturated heterocycles. The summed E-state index contributed by atoms with van der Waals surface area (Å²) in [5, 5.41) is 1.07. The van der Waals surface area contributed by atoms with Gasteiger partial charge in [-0.15, -0.1) is 0 Å². The third-order valence-corrected chi connectivity index (χ3v) is 4.39. The molecule has 3 nitrogen and oxygen atoms in total. The van der Waals surface area contributed by atoms with Crippen LogP contribution in [-0.4, -0.2) is 22.8 Å². The fraction of sp³-hybridized carbons (Fsp3) is 0.238. The number of benzene rings is 2. The fourth-order valence-corrected chi connectivity index (χ4v) is 2.97. The van der Waals surface area contributed by atoms with E-state index in [1.807, 2.05) is 37.4 Å². The predicted octanol–water partition coefficient (Wildman–Crippen LogP) is 4.05. The van der Waals surface area contributed by atoms with Crippen molar-refractivity contribution in [2.75, 3.05) is 7.05 Å². The number of hydrogen-bond donors (Lipinski definition) is 0. The second-order valence-electron chi connectivity index (χ2n) is 6.35. The zero-order valence-corrected chi connectivity index (χ0v) is 14.4. The largest absolute Gasteiger partial charge is 0.341 e. The van der Waals surface area contributed by atoms with Crippen LogP contribution in [0.1, 0.15) is 22.3 Å². The highest BCUT2D eigenvalue weighted by molar-refractivity contribution is 5.87. The maximum atomic E-state index is 12.6. The van der Waals surface area contributed by atoms with Crippen molar-refractivity contribution in [2.24, 2.45) is 0 Å². The van der Waals surface area contributed by atoms with Gasteiger partial charge in [0.25, 0.3) is 0 Å². The molecule has 0 atom stereocenters. The van der Waals surface area contributed by atoms with E-state index in [0.29, 0.717) is 13.0 Å². The fourth-order valence-electron chi connectivity index (χ4n) is 2.97. The topological polar surface area (TPSA) is 33.2 Å². The number of pyridine rings is 1. The Kier molecular flexibility index (Phi) is 4.61. The molecule has 1 amide bonds. The SMILES string of the molecule is Cc1ccc(CN(C)C(=O)Cc2cccc3cccnc23)c(C)c1. The molecule has 1 heterocycles. The summed E-state index contributed by atoms with van der Waals surface area (Å²) in [6.45, 7) is 4.80. The monoisotopic (exact) mass is 318 g/mol. The van der Waals surface area contributed by atoms with Crippen LogP contribution in [0.15, 0.2) is 54.7 Å². The summed E-state index contributed by atoms with van der Waals surface area (Å²) >= 11 is 0. The van der Waals surface area contributed by atoms with E-state index in [1.54, 1.807) is 11.1 Å². The van der Waals surface area contributed by atoms with Gasteiger partial charge in [-0.1, -0.05) is 48.0 Å². The summed E-state index contributed by atoms with van der Waals surface area (Å²) in [7, 11) is 1.86. The Morgan fingerprint density at radius 3 is 2.62 bits per heavy atom. The molecule has 0 aliphatic carbocycles. The highest BCUT2D eigenvalue weighted by Gasteiger charge is 2.13. The van der Waals surface area contributed by atoms with Crippen molar-refractivity contribution in [3.05, 3.63) is 77.0 Å². The Morgan fingerprint density at radius 1 is 1.04 bits per heavy atom. The number of fused-ring (bicyclic) bond motifs is 1. The molecule has 0 radical (unpaired) electrons. The molecule has 2 aromatic carbocycles. The van der Waals surface area contributed by atoms with Gasteiger partial charge < -0.3 is 4.90 Å². The molecule has 0 saturated carbocycles. The summed E-state index contributed by atoms with van der Waals surface area (Å²) in [4.78, 5) is 18.9. The van der Waals surface area contributed by atoms with E-state index in [4.69, 9.17) is 0 Å². The normalized spacial score (nSPS) is 10.8. The highest BCUT2D eigenvalue weighted by atomic mass is 16.2. The van der Waals surface area contributed by atoms with Gasteiger partial charge in [0, 0.05) is 25.2 Å². The van der Waals surface area contributed by atoms with Crippen molar-refractivity contribution in [3.8, 4) is 0 Å². The average molecular weight is 318 g/mol. The van der Waals surface area contributed by atoms with Gasteiger partial charge in [0.05, 0.1) is 11.9 Å². The van der Waals surface area contributed by atoms with Crippen LogP contribution in [0.2, 0.25) is 0 Å². The van der Waals surface area contributed by atoms with Crippen molar-refractivity contribution >= 4 is 16.8 Å². The molecule has 0 aliphatic heterocycles. The molecule has 0 spiro atoms. The van der Waals surface area contributed by atoms with E-state index >= 15 is 0 Å². The van der Waals surface area contributed by atoms with Crippen LogP contribution in [0, 0.1) is 13.8 Å². The van der Waals surface area contributed by atoms with Crippen molar-refractivity contribution in [3.63, 3.8) is 0 Å². The lowest BCUT2D eigenvalue weighted by atomic mass is 10.0. The number of hydrogen-bond acceptors (Lipinski definition) is 2. The summed E-state index contributed by atoms with van der Waals surface area (Å²) in [6, 6.07) is 16.3. The van der Waals surface area contributed by atoms with Crippen LogP contribution >= 0.6 is 0 Å². The molecule has 0 fully saturated rings. The third-order valence-electron chi connectivity index (χ3n) is 4.39. The number of aromatic nitrogens is 1. The van der Waals surface area contributed by atoms with E-state index in [1.165, 1.54) is 16.7 Å². The number of aryl methyl sites for hydroxylation is 2. The van der Waals surface area contributed by atoms with Crippen molar-refractivity contribution in [1.82, 2.24) is 9.88 Å². The Balaban J connectivity index is 1.76. The summed E-state index contributed by atoms with van der Waals surface area (Å²) < 4.78 is 0. The Labute approximate surface area is 143 Å². The molecule has 122 valence electrons. The number of rotatable bonds is 4. The first-order valence-corrected chi connectivity index (χ1v) is 8.17. The number of likely N-dealkylation sites (N-methyl/N-ethyl adjacent to an activating group) is 1. The lowest BCUT2D eigenvalue weighted by molar-refractivity contribution is -0.129. The first-order valence-electron chi connectivity index (χ1n) is 8.17. The minimum Gasteiger partial charge on any atom is -0.341 e. The van der Waals surface area contributed by atoms with Gasteiger partial charge in [-0.3, -0.25) is 9.78 Å². The second-order valence-corrected chi connectivity index (χ2v) is 6.35. The summed E-state index contributed by atoms with van der Waals surface area (Å²) in [5.41, 5.74) is 5.54. The minimum absolute atomic E-state index is 0.105. The Morgan fingerprint density at radius 2 is 1.83 bits per heavy atom. The molecule has 3 rings (SSSR count). The minimum atomic E-state index is 0.105. The lowest BCUT2D eigenvalue weighted by Gasteiger charge is -2.19. The summed E-state index contributed by atoms with van der Waals surface area (Å²) in [6.07, 6.45) is 2.14. The van der Waals surface area contributed by atoms with Gasteiger partial charge >= 0.3 is 0 Å². The zero-order chi connectivity index (χ0) is 17.1. The van der Waals surface area contributed by atoms with Gasteiger partial charge in [0.1, 0.15) is 0 Å². The number of nitrogens with zero attached hydrogens (tertiary/aromatic N) is 2. The lowest BCUT2D eigenvalue weighted by Crippen LogP contribution is -2.28. The molecular weight excluding hydrogens is 296 g/mol. The van der Waals surface area contributed by atoms with Gasteiger partial charge in [0.2, 0.25) is 5.91 Å². The maximum absolute atomic E-state index is 12.6. The molecule has 0 bridgehead atoms. The first-order chi connectivity index (χ1) is 11.5. The van der Waals surface area contributed by atoms with Crippen LogP contribution in [0.25, 0.3) is 10.9 Å². The number of carbonyl (C=O) groups is 1. The molecule has 3 aromatic rings. The van der Waals surface area contributed by atoms with Crippen LogP contribution < -0.4 is 0 Å². The quantitative estimate of drug-likeness (QED) is 0.727. The van der Waals surface area contributed by atoms with Gasteiger partial charge in [-0.05, 0) is 36.6 Å². The van der Waals surface area contributed by atoms with Crippen molar-refractivity contribution in [1.29, 1.82) is 0 Å². The summed E-state index contributed by atoms with van der Waals surface area (Å²) in [5.74, 6) is 0.105. The van der Waals surface area contributed by atoms with E-state index in [2.05, 4.69) is 37.0 Å². The van der Waals surface area contributed by atoms with Crippen molar-refractivity contribution in [2.45, 2.75) is 26.8 Å². The van der Waals surface area contributed by atoms with Crippen LogP contribution in [0.4, 0.5) is 0 Å². The van der Waals surface area contributed by atoms with Gasteiger partial charge in [0.15, 0.2) is 0 Å². The molecule has 1 aromatic heterocycles. The Hall–Kier alpha value is -2.68. The molecule has 0 aliphatic rings. The maximum Gasteiger partial charge on any atom is 0.227 e. The molecule has 0 N–H and O–H groups in total. The Bertz CT molecular complexity index is 881. The van der Waals surface area contributed by atoms with E-state index in [9.17, 15) is 4.79 Å². The molecular formula is C21H22N2O. The van der Waals surface area contributed by atoms with E-state index in [0.717, 1.165) is 16.5 Å².